The Balaban J connectivity index is 2.03. The van der Waals surface area contributed by atoms with Crippen molar-refractivity contribution in [3.8, 4) is 5.75 Å². The lowest BCUT2D eigenvalue weighted by Gasteiger charge is -2.19. The van der Waals surface area contributed by atoms with Crippen LogP contribution >= 0.6 is 28.1 Å². The summed E-state index contributed by atoms with van der Waals surface area (Å²) < 4.78 is 10.8. The third kappa shape index (κ3) is 4.39. The molecule has 0 saturated carbocycles. The number of thiocarbonyl (C=S) groups is 1. The van der Waals surface area contributed by atoms with Crippen LogP contribution in [0.2, 0.25) is 0 Å². The molecule has 0 unspecified atom stereocenters. The van der Waals surface area contributed by atoms with Gasteiger partial charge in [0.1, 0.15) is 18.0 Å². The van der Waals surface area contributed by atoms with Crippen LogP contribution in [0.4, 0.5) is 5.69 Å². The van der Waals surface area contributed by atoms with Crippen LogP contribution in [-0.4, -0.2) is 42.7 Å². The molecule has 156 valence electrons. The number of methoxy groups -OCH3 is 2. The molecule has 2 aromatic rings. The van der Waals surface area contributed by atoms with Gasteiger partial charge in [-0.05, 0) is 76.0 Å². The summed E-state index contributed by atoms with van der Waals surface area (Å²) in [6, 6.07) is 13.1. The number of carbonyl (C=O) groups is 2. The second-order valence-electron chi connectivity index (χ2n) is 6.53. The molecule has 1 fully saturated rings. The van der Waals surface area contributed by atoms with E-state index in [4.69, 9.17) is 21.7 Å². The van der Waals surface area contributed by atoms with Crippen molar-refractivity contribution >= 4 is 56.9 Å². The maximum Gasteiger partial charge on any atom is 0.325 e. The maximum atomic E-state index is 13.3. The average Bonchev–Trinajstić information content (AvgIpc) is 2.97. The van der Waals surface area contributed by atoms with Crippen LogP contribution in [0.15, 0.2) is 52.6 Å². The first-order valence-corrected chi connectivity index (χ1v) is 10.5. The molecule has 2 aromatic carbocycles. The van der Waals surface area contributed by atoms with Crippen LogP contribution in [0.5, 0.6) is 5.75 Å². The summed E-state index contributed by atoms with van der Waals surface area (Å²) in [4.78, 5) is 28.2. The highest BCUT2D eigenvalue weighted by atomic mass is 79.9. The van der Waals surface area contributed by atoms with Crippen LogP contribution in [0.3, 0.4) is 0 Å². The molecule has 0 atom stereocenters. The Morgan fingerprint density at radius 2 is 1.87 bits per heavy atom. The number of halogens is 1. The number of rotatable bonds is 6. The van der Waals surface area contributed by atoms with E-state index < -0.39 is 5.97 Å². The third-order valence-electron chi connectivity index (χ3n) is 4.73. The lowest BCUT2D eigenvalue weighted by molar-refractivity contribution is -0.140. The van der Waals surface area contributed by atoms with Crippen LogP contribution in [0, 0.1) is 0 Å². The van der Waals surface area contributed by atoms with Gasteiger partial charge in [-0.25, -0.2) is 0 Å². The molecule has 8 heteroatoms. The van der Waals surface area contributed by atoms with Gasteiger partial charge in [0.25, 0.3) is 5.91 Å². The largest absolute Gasteiger partial charge is 0.496 e. The van der Waals surface area contributed by atoms with E-state index in [9.17, 15) is 9.59 Å². The Bertz CT molecular complexity index is 1020. The summed E-state index contributed by atoms with van der Waals surface area (Å²) in [7, 11) is 2.88. The first-order valence-electron chi connectivity index (χ1n) is 9.26. The molecule has 3 rings (SSSR count). The lowest BCUT2D eigenvalue weighted by Crippen LogP contribution is -2.35. The van der Waals surface area contributed by atoms with Crippen molar-refractivity contribution in [2.75, 3.05) is 25.7 Å². The van der Waals surface area contributed by atoms with Crippen LogP contribution in [0.25, 0.3) is 6.08 Å². The summed E-state index contributed by atoms with van der Waals surface area (Å²) in [5, 5.41) is 0.230. The molecule has 1 saturated heterocycles. The molecule has 1 amide bonds. The highest BCUT2D eigenvalue weighted by Crippen LogP contribution is 2.31. The highest BCUT2D eigenvalue weighted by molar-refractivity contribution is 9.10. The van der Waals surface area contributed by atoms with Crippen LogP contribution < -0.4 is 9.64 Å². The minimum Gasteiger partial charge on any atom is -0.496 e. The van der Waals surface area contributed by atoms with Gasteiger partial charge in [0.15, 0.2) is 5.11 Å². The molecular formula is C22H21BrN2O4S. The number of hydrogen-bond donors (Lipinski definition) is 0. The summed E-state index contributed by atoms with van der Waals surface area (Å²) in [5.74, 6) is -0.121. The van der Waals surface area contributed by atoms with Gasteiger partial charge in [-0.15, -0.1) is 0 Å². The molecular weight excluding hydrogens is 468 g/mol. The van der Waals surface area contributed by atoms with Gasteiger partial charge in [0.2, 0.25) is 0 Å². The van der Waals surface area contributed by atoms with E-state index >= 15 is 0 Å². The third-order valence-corrected chi connectivity index (χ3v) is 5.75. The van der Waals surface area contributed by atoms with Crippen molar-refractivity contribution in [1.29, 1.82) is 0 Å². The van der Waals surface area contributed by atoms with Gasteiger partial charge in [0.05, 0.1) is 24.4 Å². The average molecular weight is 489 g/mol. The Labute approximate surface area is 189 Å². The normalized spacial score (nSPS) is 15.1. The van der Waals surface area contributed by atoms with Crippen molar-refractivity contribution in [2.45, 2.75) is 13.3 Å². The summed E-state index contributed by atoms with van der Waals surface area (Å²) in [5.41, 5.74) is 2.85. The minimum absolute atomic E-state index is 0.159. The van der Waals surface area contributed by atoms with E-state index in [0.717, 1.165) is 22.0 Å². The fraction of sp³-hybridized carbons (Fsp3) is 0.227. The Morgan fingerprint density at radius 3 is 2.43 bits per heavy atom. The molecule has 1 aliphatic rings. The molecule has 0 aliphatic carbocycles. The van der Waals surface area contributed by atoms with Crippen LogP contribution in [-0.2, 0) is 20.7 Å². The van der Waals surface area contributed by atoms with Crippen molar-refractivity contribution in [2.24, 2.45) is 0 Å². The van der Waals surface area contributed by atoms with Gasteiger partial charge in [-0.2, -0.15) is 0 Å². The minimum atomic E-state index is -0.491. The van der Waals surface area contributed by atoms with E-state index in [2.05, 4.69) is 22.9 Å². The molecule has 0 bridgehead atoms. The quantitative estimate of drug-likeness (QED) is 0.345. The van der Waals surface area contributed by atoms with E-state index in [0.29, 0.717) is 17.1 Å². The second kappa shape index (κ2) is 9.40. The Morgan fingerprint density at radius 1 is 1.17 bits per heavy atom. The number of aryl methyl sites for hydroxylation is 1. The zero-order valence-corrected chi connectivity index (χ0v) is 19.2. The van der Waals surface area contributed by atoms with Crippen molar-refractivity contribution in [3.05, 3.63) is 63.8 Å². The number of ether oxygens (including phenoxy) is 2. The zero-order valence-electron chi connectivity index (χ0n) is 16.8. The molecule has 0 spiro atoms. The van der Waals surface area contributed by atoms with Gasteiger partial charge in [0, 0.05) is 0 Å². The second-order valence-corrected chi connectivity index (χ2v) is 7.75. The Hall–Kier alpha value is -2.71. The fourth-order valence-corrected chi connectivity index (χ4v) is 3.98. The topological polar surface area (TPSA) is 59.1 Å². The van der Waals surface area contributed by atoms with E-state index in [1.54, 1.807) is 19.3 Å². The fourth-order valence-electron chi connectivity index (χ4n) is 3.07. The monoisotopic (exact) mass is 488 g/mol. The first-order chi connectivity index (χ1) is 14.4. The number of benzene rings is 2. The summed E-state index contributed by atoms with van der Waals surface area (Å²) >= 11 is 9.01. The zero-order chi connectivity index (χ0) is 21.8. The maximum absolute atomic E-state index is 13.3. The van der Waals surface area contributed by atoms with E-state index in [-0.39, 0.29) is 17.6 Å². The van der Waals surface area contributed by atoms with Gasteiger partial charge in [-0.1, -0.05) is 25.1 Å². The lowest BCUT2D eigenvalue weighted by atomic mass is 10.1. The predicted octanol–water partition coefficient (Wildman–Crippen LogP) is 4.17. The molecule has 1 heterocycles. The van der Waals surface area contributed by atoms with Gasteiger partial charge < -0.3 is 14.4 Å². The number of carbonyl (C=O) groups excluding carboxylic acids is 2. The van der Waals surface area contributed by atoms with Crippen molar-refractivity contribution in [1.82, 2.24) is 4.90 Å². The number of hydrogen-bond acceptors (Lipinski definition) is 5. The van der Waals surface area contributed by atoms with Gasteiger partial charge >= 0.3 is 5.97 Å². The van der Waals surface area contributed by atoms with Gasteiger partial charge in [-0.3, -0.25) is 14.5 Å². The van der Waals surface area contributed by atoms with Crippen molar-refractivity contribution < 1.29 is 19.1 Å². The highest BCUT2D eigenvalue weighted by Gasteiger charge is 2.40. The molecule has 0 N–H and O–H groups in total. The number of nitrogens with zero attached hydrogens (tertiary/aromatic N) is 2. The van der Waals surface area contributed by atoms with E-state index in [1.807, 2.05) is 36.4 Å². The van der Waals surface area contributed by atoms with E-state index in [1.165, 1.54) is 16.9 Å². The molecule has 30 heavy (non-hydrogen) atoms. The number of anilines is 1. The molecule has 6 nitrogen and oxygen atoms in total. The smallest absolute Gasteiger partial charge is 0.325 e. The standard InChI is InChI=1S/C22H21BrN2O4S/c1-4-14-5-8-16(9-6-14)25-21(27)18(24(22(25)30)13-20(26)29-3)12-15-7-10-19(28-2)17(23)11-15/h5-12H,4,13H2,1-3H3/b18-12-. The summed E-state index contributed by atoms with van der Waals surface area (Å²) in [6.45, 7) is 1.90. The number of amides is 1. The SMILES string of the molecule is CCc1ccc(N2C(=O)/C(=C/c3ccc(OC)c(Br)c3)N(CC(=O)OC)C2=S)cc1. The summed E-state index contributed by atoms with van der Waals surface area (Å²) in [6.07, 6.45) is 2.59. The molecule has 1 aliphatic heterocycles. The molecule has 0 aromatic heterocycles. The predicted molar refractivity (Wildman–Crippen MR) is 123 cm³/mol. The first kappa shape index (κ1) is 22.0. The van der Waals surface area contributed by atoms with Crippen LogP contribution in [0.1, 0.15) is 18.1 Å². The Kier molecular flexibility index (Phi) is 6.89. The van der Waals surface area contributed by atoms with Crippen molar-refractivity contribution in [3.63, 3.8) is 0 Å². The molecule has 0 radical (unpaired) electrons. The number of esters is 1.